The molecule has 3 N–H and O–H groups in total. The lowest BCUT2D eigenvalue weighted by molar-refractivity contribution is 0.437. The molecular weight excluding hydrogens is 324 g/mol. The molecule has 0 amide bonds. The molecule has 1 fully saturated rings. The fraction of sp³-hybridized carbons (Fsp3) is 0.600. The second-order valence-electron chi connectivity index (χ2n) is 6.55. The topological polar surface area (TPSA) is 83.6 Å². The van der Waals surface area contributed by atoms with Crippen LogP contribution in [0, 0.1) is 0 Å². The number of benzene rings is 1. The van der Waals surface area contributed by atoms with Crippen LogP contribution in [-0.2, 0) is 22.0 Å². The number of rotatable bonds is 3. The first-order valence-electron chi connectivity index (χ1n) is 7.24. The van der Waals surface area contributed by atoms with Gasteiger partial charge in [0.05, 0.1) is 0 Å². The van der Waals surface area contributed by atoms with E-state index in [1.165, 1.54) is 4.31 Å². The zero-order valence-electron chi connectivity index (χ0n) is 13.3. The first-order chi connectivity index (χ1) is 9.67. The highest BCUT2D eigenvalue weighted by molar-refractivity contribution is 7.89. The minimum atomic E-state index is -3.66. The highest BCUT2D eigenvalue weighted by atomic mass is 35.5. The lowest BCUT2D eigenvalue weighted by Gasteiger charge is -2.24. The maximum atomic E-state index is 12.7. The summed E-state index contributed by atoms with van der Waals surface area (Å²) in [5, 5.41) is 10.3. The molecule has 1 saturated heterocycles. The van der Waals surface area contributed by atoms with Crippen LogP contribution < -0.4 is 5.73 Å². The van der Waals surface area contributed by atoms with Gasteiger partial charge in [0, 0.05) is 25.2 Å². The number of aromatic hydroxyl groups is 1. The monoisotopic (exact) mass is 348 g/mol. The Morgan fingerprint density at radius 2 is 1.77 bits per heavy atom. The van der Waals surface area contributed by atoms with Gasteiger partial charge in [-0.3, -0.25) is 0 Å². The number of phenols is 1. The van der Waals surface area contributed by atoms with E-state index < -0.39 is 10.0 Å². The molecule has 1 aromatic rings. The van der Waals surface area contributed by atoms with Crippen LogP contribution in [0.25, 0.3) is 0 Å². The summed E-state index contributed by atoms with van der Waals surface area (Å²) >= 11 is 0. The summed E-state index contributed by atoms with van der Waals surface area (Å²) in [6.07, 6.45) is 1.73. The van der Waals surface area contributed by atoms with Gasteiger partial charge >= 0.3 is 0 Å². The zero-order valence-corrected chi connectivity index (χ0v) is 14.9. The third-order valence-corrected chi connectivity index (χ3v) is 5.83. The molecule has 126 valence electrons. The van der Waals surface area contributed by atoms with Crippen molar-refractivity contribution < 1.29 is 13.5 Å². The van der Waals surface area contributed by atoms with E-state index in [1.54, 1.807) is 12.1 Å². The van der Waals surface area contributed by atoms with Crippen LogP contribution in [0.15, 0.2) is 17.0 Å². The summed E-state index contributed by atoms with van der Waals surface area (Å²) in [6.45, 7) is 7.15. The standard InChI is InChI=1S/C15H24N2O3S.ClH/c1-15(2,3)12-8-11(10-16)14(18)13(9-12)21(19,20)17-6-4-5-7-17;/h8-9,18H,4-7,10,16H2,1-3H3;1H. The third-order valence-electron chi connectivity index (χ3n) is 3.92. The zero-order chi connectivity index (χ0) is 15.8. The molecule has 0 radical (unpaired) electrons. The third kappa shape index (κ3) is 3.56. The van der Waals surface area contributed by atoms with Crippen LogP contribution in [0.5, 0.6) is 5.75 Å². The second-order valence-corrected chi connectivity index (χ2v) is 8.45. The van der Waals surface area contributed by atoms with Gasteiger partial charge in [0.2, 0.25) is 10.0 Å². The lowest BCUT2D eigenvalue weighted by atomic mass is 9.86. The predicted octanol–water partition coefficient (Wildman–Crippen LogP) is 2.35. The van der Waals surface area contributed by atoms with Crippen LogP contribution in [-0.4, -0.2) is 30.9 Å². The molecule has 5 nitrogen and oxygen atoms in total. The van der Waals surface area contributed by atoms with E-state index in [-0.39, 0.29) is 35.0 Å². The van der Waals surface area contributed by atoms with Gasteiger partial charge in [-0.2, -0.15) is 4.31 Å². The minimum absolute atomic E-state index is 0. The van der Waals surface area contributed by atoms with Gasteiger partial charge < -0.3 is 10.8 Å². The van der Waals surface area contributed by atoms with E-state index in [4.69, 9.17) is 5.73 Å². The average molecular weight is 349 g/mol. The van der Waals surface area contributed by atoms with E-state index in [0.29, 0.717) is 18.7 Å². The fourth-order valence-electron chi connectivity index (χ4n) is 2.52. The van der Waals surface area contributed by atoms with Crippen molar-refractivity contribution in [2.75, 3.05) is 13.1 Å². The molecule has 1 aliphatic heterocycles. The van der Waals surface area contributed by atoms with Crippen molar-refractivity contribution in [1.82, 2.24) is 4.31 Å². The molecule has 2 rings (SSSR count). The van der Waals surface area contributed by atoms with Crippen LogP contribution in [0.1, 0.15) is 44.7 Å². The lowest BCUT2D eigenvalue weighted by Crippen LogP contribution is -2.28. The number of phenolic OH excluding ortho intramolecular Hbond substituents is 1. The van der Waals surface area contributed by atoms with Crippen LogP contribution >= 0.6 is 12.4 Å². The van der Waals surface area contributed by atoms with E-state index in [2.05, 4.69) is 0 Å². The number of sulfonamides is 1. The first kappa shape index (κ1) is 19.2. The summed E-state index contributed by atoms with van der Waals surface area (Å²) in [5.41, 5.74) is 6.78. The molecule has 0 unspecified atom stereocenters. The Balaban J connectivity index is 0.00000242. The van der Waals surface area contributed by atoms with Crippen LogP contribution in [0.4, 0.5) is 0 Å². The second kappa shape index (κ2) is 6.74. The Morgan fingerprint density at radius 3 is 2.23 bits per heavy atom. The maximum absolute atomic E-state index is 12.7. The highest BCUT2D eigenvalue weighted by Gasteiger charge is 2.31. The summed E-state index contributed by atoms with van der Waals surface area (Å²) in [4.78, 5) is -0.0164. The Kier molecular flexibility index (Phi) is 5.89. The Hall–Kier alpha value is -0.820. The van der Waals surface area contributed by atoms with Gasteiger partial charge in [-0.1, -0.05) is 26.8 Å². The summed E-state index contributed by atoms with van der Waals surface area (Å²) < 4.78 is 26.9. The average Bonchev–Trinajstić information content (AvgIpc) is 2.91. The first-order valence-corrected chi connectivity index (χ1v) is 8.68. The quantitative estimate of drug-likeness (QED) is 0.878. The van der Waals surface area contributed by atoms with Gasteiger partial charge in [-0.25, -0.2) is 8.42 Å². The van der Waals surface area contributed by atoms with E-state index in [9.17, 15) is 13.5 Å². The summed E-state index contributed by atoms with van der Waals surface area (Å²) in [5.74, 6) is -0.211. The van der Waals surface area contributed by atoms with Gasteiger partial charge in [-0.15, -0.1) is 12.4 Å². The van der Waals surface area contributed by atoms with Crippen molar-refractivity contribution in [1.29, 1.82) is 0 Å². The van der Waals surface area contributed by atoms with Gasteiger partial charge in [0.15, 0.2) is 0 Å². The normalized spacial score (nSPS) is 16.5. The Labute approximate surface area is 139 Å². The number of hydrogen-bond acceptors (Lipinski definition) is 4. The molecule has 1 heterocycles. The number of nitrogens with zero attached hydrogens (tertiary/aromatic N) is 1. The van der Waals surface area contributed by atoms with E-state index in [1.807, 2.05) is 20.8 Å². The largest absolute Gasteiger partial charge is 0.506 e. The van der Waals surface area contributed by atoms with E-state index in [0.717, 1.165) is 18.4 Å². The molecular formula is C15H25ClN2O3S. The van der Waals surface area contributed by atoms with Crippen molar-refractivity contribution in [3.05, 3.63) is 23.3 Å². The molecule has 0 atom stereocenters. The molecule has 1 aromatic carbocycles. The molecule has 22 heavy (non-hydrogen) atoms. The number of hydrogen-bond donors (Lipinski definition) is 2. The van der Waals surface area contributed by atoms with Crippen molar-refractivity contribution in [3.8, 4) is 5.75 Å². The Bertz CT molecular complexity index is 633. The summed E-state index contributed by atoms with van der Waals surface area (Å²) in [6, 6.07) is 3.38. The minimum Gasteiger partial charge on any atom is -0.506 e. The van der Waals surface area contributed by atoms with Crippen molar-refractivity contribution in [2.24, 2.45) is 5.73 Å². The summed E-state index contributed by atoms with van der Waals surface area (Å²) in [7, 11) is -3.66. The maximum Gasteiger partial charge on any atom is 0.246 e. The molecule has 0 saturated carbocycles. The Morgan fingerprint density at radius 1 is 1.23 bits per heavy atom. The predicted molar refractivity (Wildman–Crippen MR) is 89.9 cm³/mol. The highest BCUT2D eigenvalue weighted by Crippen LogP contribution is 2.35. The molecule has 7 heteroatoms. The van der Waals surface area contributed by atoms with Gasteiger partial charge in [0.25, 0.3) is 0 Å². The number of halogens is 1. The van der Waals surface area contributed by atoms with Crippen molar-refractivity contribution >= 4 is 22.4 Å². The number of nitrogens with two attached hydrogens (primary N) is 1. The van der Waals surface area contributed by atoms with E-state index >= 15 is 0 Å². The van der Waals surface area contributed by atoms with Crippen molar-refractivity contribution in [2.45, 2.75) is 50.5 Å². The molecule has 0 aromatic heterocycles. The van der Waals surface area contributed by atoms with Crippen LogP contribution in [0.3, 0.4) is 0 Å². The smallest absolute Gasteiger partial charge is 0.246 e. The molecule has 0 aliphatic carbocycles. The van der Waals surface area contributed by atoms with Crippen molar-refractivity contribution in [3.63, 3.8) is 0 Å². The SMILES string of the molecule is CC(C)(C)c1cc(CN)c(O)c(S(=O)(=O)N2CCCC2)c1.Cl. The van der Waals surface area contributed by atoms with Gasteiger partial charge in [-0.05, 0) is 29.9 Å². The molecule has 0 spiro atoms. The van der Waals surface area contributed by atoms with Crippen LogP contribution in [0.2, 0.25) is 0 Å². The molecule has 1 aliphatic rings. The fourth-order valence-corrected chi connectivity index (χ4v) is 4.19. The van der Waals surface area contributed by atoms with Gasteiger partial charge in [0.1, 0.15) is 10.6 Å². The molecule has 0 bridgehead atoms.